The van der Waals surface area contributed by atoms with Gasteiger partial charge in [0, 0.05) is 38.0 Å². The molecule has 1 N–H and O–H groups in total. The van der Waals surface area contributed by atoms with Gasteiger partial charge in [-0.25, -0.2) is 24.1 Å². The third-order valence-electron chi connectivity index (χ3n) is 6.21. The van der Waals surface area contributed by atoms with Gasteiger partial charge in [0.05, 0.1) is 32.3 Å². The van der Waals surface area contributed by atoms with Crippen LogP contribution in [0.1, 0.15) is 35.1 Å². The predicted molar refractivity (Wildman–Crippen MR) is 136 cm³/mol. The molecule has 38 heavy (non-hydrogen) atoms. The Kier molecular flexibility index (Phi) is 8.54. The van der Waals surface area contributed by atoms with E-state index in [2.05, 4.69) is 20.3 Å². The van der Waals surface area contributed by atoms with Crippen molar-refractivity contribution in [2.75, 3.05) is 45.2 Å². The number of aromatic nitrogens is 3. The molecule has 11 nitrogen and oxygen atoms in total. The second-order valence-corrected chi connectivity index (χ2v) is 8.44. The van der Waals surface area contributed by atoms with Gasteiger partial charge in [0.1, 0.15) is 18.2 Å². The van der Waals surface area contributed by atoms with Crippen molar-refractivity contribution in [1.82, 2.24) is 15.0 Å². The van der Waals surface area contributed by atoms with Crippen LogP contribution in [0.25, 0.3) is 0 Å². The van der Waals surface area contributed by atoms with Crippen molar-refractivity contribution in [3.05, 3.63) is 58.8 Å². The molecule has 0 unspecified atom stereocenters. The van der Waals surface area contributed by atoms with E-state index in [-0.39, 0.29) is 18.3 Å². The average Bonchev–Trinajstić information content (AvgIpc) is 2.94. The van der Waals surface area contributed by atoms with Crippen LogP contribution >= 0.6 is 0 Å². The number of carbonyl (C=O) groups is 1. The van der Waals surface area contributed by atoms with E-state index in [1.54, 1.807) is 11.8 Å². The van der Waals surface area contributed by atoms with Crippen LogP contribution in [0.2, 0.25) is 0 Å². The molecule has 1 aromatic carbocycles. The molecule has 1 aliphatic heterocycles. The summed E-state index contributed by atoms with van der Waals surface area (Å²) in [6.07, 6.45) is 3.75. The minimum atomic E-state index is -0.640. The van der Waals surface area contributed by atoms with E-state index in [0.717, 1.165) is 18.4 Å². The summed E-state index contributed by atoms with van der Waals surface area (Å²) in [5.41, 5.74) is 2.39. The van der Waals surface area contributed by atoms with Crippen molar-refractivity contribution in [2.45, 2.75) is 32.7 Å². The standard InChI is InChI=1S/C26H30FN5O6/c1-15-18(22(27)21(35-3)11-20(15)34-2)14-38-17-12-28-25(29-13-17)31-26(33)32-10-6-7-16-8-9-19(30-23(16)32)24(36-4)37-5/h8-9,11-13,24H,6-7,10,14H2,1-5H3,(H,28,29,31,33). The summed E-state index contributed by atoms with van der Waals surface area (Å²) in [5, 5.41) is 2.69. The number of methoxy groups -OCH3 is 4. The fourth-order valence-corrected chi connectivity index (χ4v) is 4.18. The Balaban J connectivity index is 1.44. The zero-order chi connectivity index (χ0) is 27.2. The number of rotatable bonds is 9. The summed E-state index contributed by atoms with van der Waals surface area (Å²) in [6, 6.07) is 4.82. The topological polar surface area (TPSA) is 117 Å². The lowest BCUT2D eigenvalue weighted by molar-refractivity contribution is -0.108. The summed E-state index contributed by atoms with van der Waals surface area (Å²) in [5.74, 6) is 0.928. The van der Waals surface area contributed by atoms with E-state index in [1.807, 2.05) is 12.1 Å². The zero-order valence-electron chi connectivity index (χ0n) is 21.9. The molecule has 0 bridgehead atoms. The highest BCUT2D eigenvalue weighted by molar-refractivity contribution is 6.00. The van der Waals surface area contributed by atoms with Crippen molar-refractivity contribution in [3.63, 3.8) is 0 Å². The first-order valence-corrected chi connectivity index (χ1v) is 11.9. The molecule has 202 valence electrons. The highest BCUT2D eigenvalue weighted by Crippen LogP contribution is 2.33. The summed E-state index contributed by atoms with van der Waals surface area (Å²) in [7, 11) is 5.93. The SMILES string of the molecule is COc1cc(OC)c(F)c(COc2cnc(NC(=O)N3CCCc4ccc(C(OC)OC)nc43)nc2)c1C. The molecule has 3 heterocycles. The second kappa shape index (κ2) is 12.0. The molecule has 4 rings (SSSR count). The molecule has 12 heteroatoms. The lowest BCUT2D eigenvalue weighted by Gasteiger charge is -2.29. The number of nitrogens with one attached hydrogen (secondary N) is 1. The Bertz CT molecular complexity index is 1260. The maximum Gasteiger partial charge on any atom is 0.329 e. The molecule has 2 aromatic heterocycles. The third kappa shape index (κ3) is 5.60. The van der Waals surface area contributed by atoms with E-state index in [0.29, 0.717) is 40.7 Å². The van der Waals surface area contributed by atoms with Crippen molar-refractivity contribution in [3.8, 4) is 17.2 Å². The largest absolute Gasteiger partial charge is 0.496 e. The number of urea groups is 1. The number of pyridine rings is 1. The summed E-state index contributed by atoms with van der Waals surface area (Å²) < 4.78 is 41.5. The molecule has 2 amide bonds. The number of amides is 2. The Morgan fingerprint density at radius 1 is 1.11 bits per heavy atom. The molecule has 0 spiro atoms. The number of halogens is 1. The molecular formula is C26H30FN5O6. The summed E-state index contributed by atoms with van der Waals surface area (Å²) >= 11 is 0. The van der Waals surface area contributed by atoms with Crippen LogP contribution in [0.3, 0.4) is 0 Å². The number of aryl methyl sites for hydroxylation is 1. The fourth-order valence-electron chi connectivity index (χ4n) is 4.18. The van der Waals surface area contributed by atoms with E-state index in [4.69, 9.17) is 23.7 Å². The number of carbonyl (C=O) groups excluding carboxylic acids is 1. The first-order valence-electron chi connectivity index (χ1n) is 11.9. The number of benzene rings is 1. The minimum Gasteiger partial charge on any atom is -0.496 e. The average molecular weight is 528 g/mol. The van der Waals surface area contributed by atoms with Gasteiger partial charge in [0.15, 0.2) is 17.3 Å². The van der Waals surface area contributed by atoms with Crippen molar-refractivity contribution in [1.29, 1.82) is 0 Å². The monoisotopic (exact) mass is 527 g/mol. The van der Waals surface area contributed by atoms with Gasteiger partial charge in [-0.3, -0.25) is 10.2 Å². The fraction of sp³-hybridized carbons (Fsp3) is 0.385. The number of hydrogen-bond donors (Lipinski definition) is 1. The van der Waals surface area contributed by atoms with Gasteiger partial charge in [-0.2, -0.15) is 0 Å². The first-order chi connectivity index (χ1) is 18.4. The molecule has 0 aliphatic carbocycles. The highest BCUT2D eigenvalue weighted by Gasteiger charge is 2.26. The highest BCUT2D eigenvalue weighted by atomic mass is 19.1. The molecule has 0 radical (unpaired) electrons. The van der Waals surface area contributed by atoms with Gasteiger partial charge in [-0.15, -0.1) is 0 Å². The number of nitrogens with zero attached hydrogens (tertiary/aromatic N) is 4. The lowest BCUT2D eigenvalue weighted by Crippen LogP contribution is -2.40. The van der Waals surface area contributed by atoms with E-state index in [9.17, 15) is 9.18 Å². The van der Waals surface area contributed by atoms with Crippen molar-refractivity contribution < 1.29 is 32.9 Å². The van der Waals surface area contributed by atoms with Gasteiger partial charge >= 0.3 is 6.03 Å². The molecule has 3 aromatic rings. The van der Waals surface area contributed by atoms with Gasteiger partial charge in [-0.05, 0) is 31.4 Å². The number of anilines is 2. The van der Waals surface area contributed by atoms with Gasteiger partial charge in [-0.1, -0.05) is 6.07 Å². The minimum absolute atomic E-state index is 0.0567. The Hall–Kier alpha value is -4.03. The first kappa shape index (κ1) is 27.0. The van der Waals surface area contributed by atoms with Crippen LogP contribution in [0.4, 0.5) is 21.0 Å². The smallest absolute Gasteiger partial charge is 0.329 e. The molecule has 0 saturated heterocycles. The van der Waals surface area contributed by atoms with E-state index >= 15 is 0 Å². The van der Waals surface area contributed by atoms with Crippen molar-refractivity contribution >= 4 is 17.8 Å². The number of ether oxygens (including phenoxy) is 5. The molecule has 0 fully saturated rings. The van der Waals surface area contributed by atoms with Gasteiger partial charge in [0.2, 0.25) is 12.2 Å². The van der Waals surface area contributed by atoms with Crippen LogP contribution in [0.5, 0.6) is 17.2 Å². The second-order valence-electron chi connectivity index (χ2n) is 8.44. The Morgan fingerprint density at radius 2 is 1.82 bits per heavy atom. The van der Waals surface area contributed by atoms with E-state index in [1.165, 1.54) is 46.9 Å². The predicted octanol–water partition coefficient (Wildman–Crippen LogP) is 4.19. The van der Waals surface area contributed by atoms with E-state index < -0.39 is 18.1 Å². The normalized spacial score (nSPS) is 12.8. The van der Waals surface area contributed by atoms with Crippen LogP contribution in [0.15, 0.2) is 30.6 Å². The molecule has 1 aliphatic rings. The number of fused-ring (bicyclic) bond motifs is 1. The Labute approximate surface area is 219 Å². The maximum absolute atomic E-state index is 14.8. The van der Waals surface area contributed by atoms with Crippen LogP contribution in [0, 0.1) is 12.7 Å². The summed E-state index contributed by atoms with van der Waals surface area (Å²) in [4.78, 5) is 27.6. The quantitative estimate of drug-likeness (QED) is 0.409. The summed E-state index contributed by atoms with van der Waals surface area (Å²) in [6.45, 7) is 2.12. The molecule has 0 atom stereocenters. The third-order valence-corrected chi connectivity index (χ3v) is 6.21. The van der Waals surface area contributed by atoms with Gasteiger partial charge < -0.3 is 23.7 Å². The maximum atomic E-state index is 14.8. The van der Waals surface area contributed by atoms with Crippen LogP contribution in [-0.4, -0.2) is 56.0 Å². The number of hydrogen-bond acceptors (Lipinski definition) is 9. The Morgan fingerprint density at radius 3 is 2.47 bits per heavy atom. The van der Waals surface area contributed by atoms with Crippen LogP contribution < -0.4 is 24.4 Å². The molecular weight excluding hydrogens is 497 g/mol. The molecule has 0 saturated carbocycles. The van der Waals surface area contributed by atoms with Crippen molar-refractivity contribution in [2.24, 2.45) is 0 Å². The van der Waals surface area contributed by atoms with Crippen LogP contribution in [-0.2, 0) is 22.5 Å². The zero-order valence-corrected chi connectivity index (χ0v) is 21.9. The van der Waals surface area contributed by atoms with Gasteiger partial charge in [0.25, 0.3) is 0 Å². The lowest BCUT2D eigenvalue weighted by atomic mass is 10.1.